The second-order valence-corrected chi connectivity index (χ2v) is 6.42. The van der Waals surface area contributed by atoms with Crippen molar-refractivity contribution in [3.8, 4) is 5.75 Å². The molecule has 0 saturated carbocycles. The topological polar surface area (TPSA) is 101 Å². The van der Waals surface area contributed by atoms with Gasteiger partial charge in [0.2, 0.25) is 0 Å². The predicted molar refractivity (Wildman–Crippen MR) is 85.3 cm³/mol. The number of anilines is 1. The first-order chi connectivity index (χ1) is 11.0. The first-order valence-electron chi connectivity index (χ1n) is 6.86. The van der Waals surface area contributed by atoms with Crippen LogP contribution in [0.25, 0.3) is 11.1 Å². The van der Waals surface area contributed by atoms with Gasteiger partial charge in [-0.25, -0.2) is 13.2 Å². The minimum Gasteiger partial charge on any atom is -0.494 e. The van der Waals surface area contributed by atoms with E-state index < -0.39 is 15.8 Å². The Bertz CT molecular complexity index is 987. The molecule has 3 rings (SSSR count). The zero-order valence-corrected chi connectivity index (χ0v) is 13.0. The molecule has 0 bridgehead atoms. The molecule has 0 aliphatic carbocycles. The number of rotatable bonds is 5. The second kappa shape index (κ2) is 5.81. The highest BCUT2D eigenvalue weighted by Gasteiger charge is 2.15. The molecule has 2 aromatic carbocycles. The lowest BCUT2D eigenvalue weighted by Gasteiger charge is -2.09. The number of fused-ring (bicyclic) bond motifs is 1. The fourth-order valence-corrected chi connectivity index (χ4v) is 3.15. The van der Waals surface area contributed by atoms with E-state index in [2.05, 4.69) is 9.71 Å². The Labute approximate surface area is 131 Å². The van der Waals surface area contributed by atoms with Crippen LogP contribution in [-0.4, -0.2) is 20.0 Å². The molecule has 1 aromatic heterocycles. The van der Waals surface area contributed by atoms with E-state index in [0.29, 0.717) is 23.6 Å². The van der Waals surface area contributed by atoms with E-state index in [0.717, 1.165) is 0 Å². The van der Waals surface area contributed by atoms with E-state index in [1.807, 2.05) is 6.92 Å². The molecular weight excluding hydrogens is 320 g/mol. The lowest BCUT2D eigenvalue weighted by molar-refractivity contribution is 0.340. The van der Waals surface area contributed by atoms with Gasteiger partial charge in [0.15, 0.2) is 5.58 Å². The fraction of sp³-hybridized carbons (Fsp3) is 0.133. The standard InChI is InChI=1S/C15H14N2O5S/c1-2-21-11-4-6-12(7-5-11)23(19,20)17-10-3-8-13-14(9-10)22-15(18)16-13/h3-9,17H,2H2,1H3,(H,16,18). The van der Waals surface area contributed by atoms with Gasteiger partial charge in [0.25, 0.3) is 10.0 Å². The zero-order valence-electron chi connectivity index (χ0n) is 12.2. The Hall–Kier alpha value is -2.74. The number of ether oxygens (including phenoxy) is 1. The third kappa shape index (κ3) is 3.21. The Balaban J connectivity index is 1.87. The van der Waals surface area contributed by atoms with Crippen molar-refractivity contribution < 1.29 is 17.6 Å². The highest BCUT2D eigenvalue weighted by Crippen LogP contribution is 2.21. The van der Waals surface area contributed by atoms with Crippen molar-refractivity contribution in [2.45, 2.75) is 11.8 Å². The van der Waals surface area contributed by atoms with E-state index in [4.69, 9.17) is 9.15 Å². The lowest BCUT2D eigenvalue weighted by Crippen LogP contribution is -2.12. The van der Waals surface area contributed by atoms with E-state index >= 15 is 0 Å². The van der Waals surface area contributed by atoms with Gasteiger partial charge in [-0.2, -0.15) is 0 Å². The fourth-order valence-electron chi connectivity index (χ4n) is 2.10. The summed E-state index contributed by atoms with van der Waals surface area (Å²) in [5.41, 5.74) is 1.08. The van der Waals surface area contributed by atoms with Crippen LogP contribution in [0.1, 0.15) is 6.92 Å². The van der Waals surface area contributed by atoms with Gasteiger partial charge in [-0.05, 0) is 43.3 Å². The summed E-state index contributed by atoms with van der Waals surface area (Å²) in [6.45, 7) is 2.36. The Morgan fingerprint density at radius 2 is 1.91 bits per heavy atom. The van der Waals surface area contributed by atoms with Crippen molar-refractivity contribution in [3.63, 3.8) is 0 Å². The molecule has 0 spiro atoms. The van der Waals surface area contributed by atoms with Gasteiger partial charge in [0.1, 0.15) is 5.75 Å². The number of aromatic nitrogens is 1. The number of benzene rings is 2. The van der Waals surface area contributed by atoms with Crippen LogP contribution >= 0.6 is 0 Å². The van der Waals surface area contributed by atoms with Crippen molar-refractivity contribution in [1.82, 2.24) is 4.98 Å². The van der Waals surface area contributed by atoms with Gasteiger partial charge in [0.05, 0.1) is 22.7 Å². The molecule has 3 aromatic rings. The SMILES string of the molecule is CCOc1ccc(S(=O)(=O)Nc2ccc3[nH]c(=O)oc3c2)cc1. The highest BCUT2D eigenvalue weighted by molar-refractivity contribution is 7.92. The van der Waals surface area contributed by atoms with Crippen molar-refractivity contribution in [2.75, 3.05) is 11.3 Å². The molecule has 0 saturated heterocycles. The summed E-state index contributed by atoms with van der Waals surface area (Å²) in [7, 11) is -3.74. The summed E-state index contributed by atoms with van der Waals surface area (Å²) in [6, 6.07) is 10.7. The molecule has 0 aliphatic heterocycles. The van der Waals surface area contributed by atoms with E-state index in [9.17, 15) is 13.2 Å². The molecule has 1 heterocycles. The van der Waals surface area contributed by atoms with Crippen LogP contribution in [0, 0.1) is 0 Å². The minimum absolute atomic E-state index is 0.108. The summed E-state index contributed by atoms with van der Waals surface area (Å²) in [5, 5.41) is 0. The summed E-state index contributed by atoms with van der Waals surface area (Å²) >= 11 is 0. The molecule has 0 unspecified atom stereocenters. The smallest absolute Gasteiger partial charge is 0.417 e. The molecule has 120 valence electrons. The third-order valence-electron chi connectivity index (χ3n) is 3.12. The average Bonchev–Trinajstić information content (AvgIpc) is 2.87. The van der Waals surface area contributed by atoms with Crippen molar-refractivity contribution in [1.29, 1.82) is 0 Å². The first-order valence-corrected chi connectivity index (χ1v) is 8.35. The molecule has 0 radical (unpaired) electrons. The van der Waals surface area contributed by atoms with Gasteiger partial charge in [0, 0.05) is 6.07 Å². The van der Waals surface area contributed by atoms with Gasteiger partial charge < -0.3 is 9.15 Å². The Morgan fingerprint density at radius 3 is 2.61 bits per heavy atom. The maximum absolute atomic E-state index is 12.4. The van der Waals surface area contributed by atoms with E-state index in [1.165, 1.54) is 18.2 Å². The van der Waals surface area contributed by atoms with Gasteiger partial charge in [-0.3, -0.25) is 9.71 Å². The average molecular weight is 334 g/mol. The molecule has 8 heteroatoms. The molecule has 0 aliphatic rings. The maximum Gasteiger partial charge on any atom is 0.417 e. The number of hydrogen-bond donors (Lipinski definition) is 2. The molecule has 23 heavy (non-hydrogen) atoms. The van der Waals surface area contributed by atoms with Gasteiger partial charge in [-0.15, -0.1) is 0 Å². The minimum atomic E-state index is -3.74. The highest BCUT2D eigenvalue weighted by atomic mass is 32.2. The molecule has 2 N–H and O–H groups in total. The largest absolute Gasteiger partial charge is 0.494 e. The van der Waals surface area contributed by atoms with Crippen LogP contribution in [0.5, 0.6) is 5.75 Å². The molecule has 0 fully saturated rings. The summed E-state index contributed by atoms with van der Waals surface area (Å²) < 4.78 is 37.4. The Kier molecular flexibility index (Phi) is 3.83. The van der Waals surface area contributed by atoms with Crippen LogP contribution < -0.4 is 15.2 Å². The molecule has 0 atom stereocenters. The number of hydrogen-bond acceptors (Lipinski definition) is 5. The monoisotopic (exact) mass is 334 g/mol. The van der Waals surface area contributed by atoms with E-state index in [1.54, 1.807) is 24.3 Å². The molecule has 0 amide bonds. The number of H-pyrrole nitrogens is 1. The van der Waals surface area contributed by atoms with Gasteiger partial charge in [-0.1, -0.05) is 0 Å². The summed E-state index contributed by atoms with van der Waals surface area (Å²) in [5.74, 6) is 0.00786. The Morgan fingerprint density at radius 1 is 1.17 bits per heavy atom. The van der Waals surface area contributed by atoms with Crippen LogP contribution in [-0.2, 0) is 10.0 Å². The number of aromatic amines is 1. The number of nitrogens with one attached hydrogen (secondary N) is 2. The van der Waals surface area contributed by atoms with Crippen molar-refractivity contribution in [2.24, 2.45) is 0 Å². The quantitative estimate of drug-likeness (QED) is 0.745. The molecular formula is C15H14N2O5S. The van der Waals surface area contributed by atoms with Crippen LogP contribution in [0.3, 0.4) is 0 Å². The van der Waals surface area contributed by atoms with Crippen LogP contribution in [0.2, 0.25) is 0 Å². The normalized spacial score (nSPS) is 11.5. The number of oxazole rings is 1. The summed E-state index contributed by atoms with van der Waals surface area (Å²) in [4.78, 5) is 13.7. The number of sulfonamides is 1. The maximum atomic E-state index is 12.4. The third-order valence-corrected chi connectivity index (χ3v) is 4.52. The van der Waals surface area contributed by atoms with Crippen LogP contribution in [0.15, 0.2) is 56.6 Å². The first kappa shape index (κ1) is 15.2. The predicted octanol–water partition coefficient (Wildman–Crippen LogP) is 2.32. The lowest BCUT2D eigenvalue weighted by atomic mass is 10.3. The molecule has 7 nitrogen and oxygen atoms in total. The van der Waals surface area contributed by atoms with Crippen molar-refractivity contribution >= 4 is 26.8 Å². The van der Waals surface area contributed by atoms with Crippen molar-refractivity contribution in [3.05, 3.63) is 53.0 Å². The van der Waals surface area contributed by atoms with Crippen LogP contribution in [0.4, 0.5) is 5.69 Å². The second-order valence-electron chi connectivity index (χ2n) is 4.74. The zero-order chi connectivity index (χ0) is 16.4. The van der Waals surface area contributed by atoms with Gasteiger partial charge >= 0.3 is 5.76 Å². The van der Waals surface area contributed by atoms with E-state index in [-0.39, 0.29) is 10.5 Å². The summed E-state index contributed by atoms with van der Waals surface area (Å²) in [6.07, 6.45) is 0.